The van der Waals surface area contributed by atoms with Crippen LogP contribution in [0.1, 0.15) is 48.2 Å². The molecule has 0 spiro atoms. The highest BCUT2D eigenvalue weighted by atomic mass is 32.2. The molecule has 1 saturated heterocycles. The van der Waals surface area contributed by atoms with Crippen LogP contribution < -0.4 is 5.43 Å². The Morgan fingerprint density at radius 3 is 2.46 bits per heavy atom. The van der Waals surface area contributed by atoms with E-state index in [9.17, 15) is 18.0 Å². The molecule has 0 atom stereocenters. The first kappa shape index (κ1) is 23.8. The highest BCUT2D eigenvalue weighted by Gasteiger charge is 2.29. The number of hydrogen-bond donors (Lipinski definition) is 0. The van der Waals surface area contributed by atoms with Crippen molar-refractivity contribution in [2.24, 2.45) is 5.92 Å². The van der Waals surface area contributed by atoms with Gasteiger partial charge in [0.25, 0.3) is 5.91 Å². The third-order valence-electron chi connectivity index (χ3n) is 7.42. The Morgan fingerprint density at radius 2 is 1.74 bits per heavy atom. The van der Waals surface area contributed by atoms with E-state index in [1.165, 1.54) is 15.9 Å². The van der Waals surface area contributed by atoms with Crippen molar-refractivity contribution in [3.05, 3.63) is 75.6 Å². The first-order chi connectivity index (χ1) is 16.8. The van der Waals surface area contributed by atoms with Crippen LogP contribution in [0, 0.1) is 5.92 Å². The van der Waals surface area contributed by atoms with Crippen LogP contribution in [-0.2, 0) is 29.5 Å². The highest BCUT2D eigenvalue weighted by Crippen LogP contribution is 2.26. The Kier molecular flexibility index (Phi) is 6.27. The maximum Gasteiger partial charge on any atom is 0.259 e. The summed E-state index contributed by atoms with van der Waals surface area (Å²) in [6.45, 7) is 6.59. The van der Waals surface area contributed by atoms with Gasteiger partial charge in [0.1, 0.15) is 5.56 Å². The number of amides is 1. The minimum absolute atomic E-state index is 0.0834. The molecule has 3 aromatic rings. The molecule has 2 aliphatic rings. The fourth-order valence-electron chi connectivity index (χ4n) is 5.16. The van der Waals surface area contributed by atoms with Crippen molar-refractivity contribution in [3.8, 4) is 0 Å². The molecular weight excluding hydrogens is 462 g/mol. The van der Waals surface area contributed by atoms with E-state index < -0.39 is 15.5 Å². The first-order valence-corrected chi connectivity index (χ1v) is 13.8. The van der Waals surface area contributed by atoms with Crippen molar-refractivity contribution in [1.82, 2.24) is 13.8 Å². The molecule has 1 fully saturated rings. The Morgan fingerprint density at radius 1 is 1.03 bits per heavy atom. The van der Waals surface area contributed by atoms with E-state index in [0.717, 1.165) is 24.8 Å². The van der Waals surface area contributed by atoms with Gasteiger partial charge in [0.15, 0.2) is 0 Å². The minimum Gasteiger partial charge on any atom is -0.347 e. The van der Waals surface area contributed by atoms with E-state index in [-0.39, 0.29) is 21.8 Å². The maximum atomic E-state index is 13.6. The lowest BCUT2D eigenvalue weighted by Gasteiger charge is -2.29. The molecule has 184 valence electrons. The molecule has 1 amide bonds. The molecule has 5 rings (SSSR count). The molecule has 0 aliphatic carbocycles. The summed E-state index contributed by atoms with van der Waals surface area (Å²) in [4.78, 5) is 28.9. The molecule has 0 N–H and O–H groups in total. The summed E-state index contributed by atoms with van der Waals surface area (Å²) in [5.41, 5.74) is 2.61. The second-order valence-corrected chi connectivity index (χ2v) is 11.6. The molecule has 8 heteroatoms. The fraction of sp³-hybridized carbons (Fsp3) is 0.407. The first-order valence-electron chi connectivity index (χ1n) is 12.3. The number of rotatable bonds is 4. The zero-order chi connectivity index (χ0) is 24.7. The highest BCUT2D eigenvalue weighted by molar-refractivity contribution is 7.89. The van der Waals surface area contributed by atoms with E-state index in [1.54, 1.807) is 23.2 Å². The van der Waals surface area contributed by atoms with E-state index in [0.29, 0.717) is 44.2 Å². The maximum absolute atomic E-state index is 13.6. The van der Waals surface area contributed by atoms with Crippen LogP contribution in [0.2, 0.25) is 0 Å². The molecule has 35 heavy (non-hydrogen) atoms. The Bertz CT molecular complexity index is 1450. The summed E-state index contributed by atoms with van der Waals surface area (Å²) in [5.74, 6) is 0.192. The fourth-order valence-corrected chi connectivity index (χ4v) is 6.66. The number of aromatic nitrogens is 1. The van der Waals surface area contributed by atoms with Gasteiger partial charge in [0.2, 0.25) is 15.5 Å². The molecule has 7 nitrogen and oxygen atoms in total. The lowest BCUT2D eigenvalue weighted by molar-refractivity contribution is 0.0733. The van der Waals surface area contributed by atoms with Crippen molar-refractivity contribution in [2.45, 2.75) is 51.1 Å². The van der Waals surface area contributed by atoms with Gasteiger partial charge in [0.05, 0.1) is 10.4 Å². The Hall–Kier alpha value is -2.97. The van der Waals surface area contributed by atoms with Gasteiger partial charge in [-0.25, -0.2) is 8.42 Å². The van der Waals surface area contributed by atoms with Crippen LogP contribution in [0.15, 0.2) is 58.4 Å². The zero-order valence-electron chi connectivity index (χ0n) is 20.2. The van der Waals surface area contributed by atoms with Crippen molar-refractivity contribution in [1.29, 1.82) is 0 Å². The second-order valence-electron chi connectivity index (χ2n) is 9.67. The van der Waals surface area contributed by atoms with E-state index in [1.807, 2.05) is 29.7 Å². The zero-order valence-corrected chi connectivity index (χ0v) is 21.1. The number of carbonyl (C=O) groups is 1. The van der Waals surface area contributed by atoms with Crippen LogP contribution >= 0.6 is 0 Å². The average molecular weight is 494 g/mol. The molecule has 0 radical (unpaired) electrons. The quantitative estimate of drug-likeness (QED) is 0.556. The number of piperidine rings is 1. The normalized spacial score (nSPS) is 17.5. The SMILES string of the molecule is CCn1cc(C(=O)N2CCc3ccccc3C2)c(=O)c2cc(S(=O)(=O)N3CCC(C)CC3)ccc21. The predicted molar refractivity (Wildman–Crippen MR) is 136 cm³/mol. The van der Waals surface area contributed by atoms with Gasteiger partial charge in [-0.2, -0.15) is 4.31 Å². The summed E-state index contributed by atoms with van der Waals surface area (Å²) in [5, 5.41) is 0.265. The Balaban J connectivity index is 1.54. The summed E-state index contributed by atoms with van der Waals surface area (Å²) in [6, 6.07) is 12.8. The topological polar surface area (TPSA) is 79.7 Å². The lowest BCUT2D eigenvalue weighted by atomic mass is 9.99. The smallest absolute Gasteiger partial charge is 0.259 e. The lowest BCUT2D eigenvalue weighted by Crippen LogP contribution is -2.39. The second kappa shape index (κ2) is 9.24. The number of aryl methyl sites for hydroxylation is 1. The number of hydrogen-bond acceptors (Lipinski definition) is 4. The summed E-state index contributed by atoms with van der Waals surface area (Å²) in [6.07, 6.45) is 4.02. The van der Waals surface area contributed by atoms with E-state index in [2.05, 4.69) is 13.0 Å². The van der Waals surface area contributed by atoms with Gasteiger partial charge in [-0.3, -0.25) is 9.59 Å². The van der Waals surface area contributed by atoms with Crippen molar-refractivity contribution in [3.63, 3.8) is 0 Å². The molecule has 0 unspecified atom stereocenters. The summed E-state index contributed by atoms with van der Waals surface area (Å²) >= 11 is 0. The van der Waals surface area contributed by atoms with Gasteiger partial charge >= 0.3 is 0 Å². The van der Waals surface area contributed by atoms with Crippen molar-refractivity contribution < 1.29 is 13.2 Å². The van der Waals surface area contributed by atoms with Gasteiger partial charge in [0, 0.05) is 44.3 Å². The summed E-state index contributed by atoms with van der Waals surface area (Å²) < 4.78 is 30.0. The van der Waals surface area contributed by atoms with Crippen LogP contribution in [0.25, 0.3) is 10.9 Å². The molecule has 3 heterocycles. The van der Waals surface area contributed by atoms with Crippen molar-refractivity contribution in [2.75, 3.05) is 19.6 Å². The van der Waals surface area contributed by atoms with Gasteiger partial charge in [-0.1, -0.05) is 31.2 Å². The monoisotopic (exact) mass is 493 g/mol. The summed E-state index contributed by atoms with van der Waals surface area (Å²) in [7, 11) is -3.71. The molecule has 2 aromatic carbocycles. The number of sulfonamides is 1. The van der Waals surface area contributed by atoms with E-state index in [4.69, 9.17) is 0 Å². The van der Waals surface area contributed by atoms with Crippen LogP contribution in [0.3, 0.4) is 0 Å². The van der Waals surface area contributed by atoms with Crippen LogP contribution in [0.5, 0.6) is 0 Å². The number of fused-ring (bicyclic) bond motifs is 2. The van der Waals surface area contributed by atoms with Crippen LogP contribution in [0.4, 0.5) is 0 Å². The minimum atomic E-state index is -3.71. The molecule has 0 saturated carbocycles. The van der Waals surface area contributed by atoms with Gasteiger partial charge in [-0.15, -0.1) is 0 Å². The average Bonchev–Trinajstić information content (AvgIpc) is 2.88. The number of benzene rings is 2. The molecule has 0 bridgehead atoms. The molecule has 1 aromatic heterocycles. The van der Waals surface area contributed by atoms with Crippen LogP contribution in [-0.4, -0.2) is 47.7 Å². The molecular formula is C27H31N3O4S. The molecule has 2 aliphatic heterocycles. The van der Waals surface area contributed by atoms with Gasteiger partial charge in [-0.05, 0) is 61.4 Å². The third-order valence-corrected chi connectivity index (χ3v) is 9.32. The third kappa shape index (κ3) is 4.29. The number of carbonyl (C=O) groups excluding carboxylic acids is 1. The largest absolute Gasteiger partial charge is 0.347 e. The number of nitrogens with zero attached hydrogens (tertiary/aromatic N) is 3. The van der Waals surface area contributed by atoms with E-state index >= 15 is 0 Å². The van der Waals surface area contributed by atoms with Gasteiger partial charge < -0.3 is 9.47 Å². The van der Waals surface area contributed by atoms with Crippen molar-refractivity contribution >= 4 is 26.8 Å². The number of pyridine rings is 1. The Labute approximate surface area is 206 Å². The predicted octanol–water partition coefficient (Wildman–Crippen LogP) is 3.64. The standard InChI is InChI=1S/C27H31N3O4S/c1-3-28-18-24(27(32)29-13-12-20-6-4-5-7-21(20)17-29)26(31)23-16-22(8-9-25(23)28)35(33,34)30-14-10-19(2)11-15-30/h4-9,16,18-19H,3,10-15,17H2,1-2H3.